The number of carbonyl (C=O) groups excluding carboxylic acids is 1. The second-order valence-corrected chi connectivity index (χ2v) is 6.46. The Morgan fingerprint density at radius 2 is 2.10 bits per heavy atom. The molecule has 1 amide bonds. The highest BCUT2D eigenvalue weighted by Crippen LogP contribution is 2.19. The van der Waals surface area contributed by atoms with Gasteiger partial charge < -0.3 is 19.6 Å². The predicted octanol–water partition coefficient (Wildman–Crippen LogP) is 2.74. The lowest BCUT2D eigenvalue weighted by atomic mass is 10.1. The van der Waals surface area contributed by atoms with E-state index in [4.69, 9.17) is 14.3 Å². The molecule has 0 aliphatic rings. The maximum atomic E-state index is 12.0. The number of hydrogen-bond acceptors (Lipinski definition) is 4. The van der Waals surface area contributed by atoms with Crippen LogP contribution in [0.3, 0.4) is 0 Å². The van der Waals surface area contributed by atoms with Gasteiger partial charge in [-0.25, -0.2) is 4.79 Å². The number of nitrogens with one attached hydrogen (secondary N) is 1. The Labute approximate surface area is 132 Å². The van der Waals surface area contributed by atoms with Gasteiger partial charge in [0.15, 0.2) is 10.4 Å². The summed E-state index contributed by atoms with van der Waals surface area (Å²) in [6.45, 7) is 7.59. The summed E-state index contributed by atoms with van der Waals surface area (Å²) in [6.07, 6.45) is 0.180. The average molecular weight is 362 g/mol. The van der Waals surface area contributed by atoms with E-state index in [0.29, 0.717) is 10.2 Å². The molecule has 0 saturated carbocycles. The van der Waals surface area contributed by atoms with Gasteiger partial charge in [0.25, 0.3) is 5.91 Å². The number of halogens is 1. The topological polar surface area (TPSA) is 88.8 Å². The van der Waals surface area contributed by atoms with E-state index in [-0.39, 0.29) is 24.4 Å². The molecule has 21 heavy (non-hydrogen) atoms. The van der Waals surface area contributed by atoms with E-state index in [1.54, 1.807) is 13.0 Å². The minimum atomic E-state index is -1.11. The van der Waals surface area contributed by atoms with Crippen molar-refractivity contribution in [3.8, 4) is 0 Å². The number of hydrogen-bond donors (Lipinski definition) is 2. The Balaban J connectivity index is 2.64. The average Bonchev–Trinajstić information content (AvgIpc) is 2.65. The molecular formula is C14H20BrNO5. The Morgan fingerprint density at radius 3 is 2.52 bits per heavy atom. The van der Waals surface area contributed by atoms with Crippen molar-refractivity contribution in [2.24, 2.45) is 0 Å². The molecule has 0 aliphatic carbocycles. The van der Waals surface area contributed by atoms with E-state index in [0.717, 1.165) is 0 Å². The molecule has 0 spiro atoms. The third-order valence-corrected chi connectivity index (χ3v) is 3.03. The molecule has 1 unspecified atom stereocenters. The molecule has 1 aromatic heterocycles. The van der Waals surface area contributed by atoms with Crippen LogP contribution in [0.5, 0.6) is 0 Å². The molecule has 6 nitrogen and oxygen atoms in total. The molecule has 0 aromatic carbocycles. The number of amides is 1. The quantitative estimate of drug-likeness (QED) is 0.812. The van der Waals surface area contributed by atoms with Crippen molar-refractivity contribution in [2.45, 2.75) is 45.8 Å². The summed E-state index contributed by atoms with van der Waals surface area (Å²) < 4.78 is 11.1. The lowest BCUT2D eigenvalue weighted by Gasteiger charge is -2.21. The number of carboxylic acids is 1. The Morgan fingerprint density at radius 1 is 1.48 bits per heavy atom. The fraction of sp³-hybridized carbons (Fsp3) is 0.571. The third-order valence-electron chi connectivity index (χ3n) is 2.64. The van der Waals surface area contributed by atoms with E-state index in [1.165, 1.54) is 0 Å². The van der Waals surface area contributed by atoms with Crippen LogP contribution in [0.25, 0.3) is 0 Å². The van der Waals surface area contributed by atoms with Gasteiger partial charge in [0, 0.05) is 18.6 Å². The van der Waals surface area contributed by atoms with E-state index >= 15 is 0 Å². The van der Waals surface area contributed by atoms with Gasteiger partial charge in [-0.05, 0) is 49.7 Å². The molecule has 0 bridgehead atoms. The largest absolute Gasteiger partial charge is 0.480 e. The van der Waals surface area contributed by atoms with Gasteiger partial charge in [0.1, 0.15) is 6.04 Å². The van der Waals surface area contributed by atoms with Gasteiger partial charge >= 0.3 is 5.97 Å². The van der Waals surface area contributed by atoms with Crippen molar-refractivity contribution < 1.29 is 23.8 Å². The van der Waals surface area contributed by atoms with E-state index in [2.05, 4.69) is 21.2 Å². The van der Waals surface area contributed by atoms with Gasteiger partial charge in [-0.15, -0.1) is 0 Å². The first kappa shape index (κ1) is 17.7. The van der Waals surface area contributed by atoms with Gasteiger partial charge in [-0.2, -0.15) is 0 Å². The molecule has 0 radical (unpaired) electrons. The Kier molecular flexibility index (Phi) is 5.98. The van der Waals surface area contributed by atoms with Crippen molar-refractivity contribution >= 4 is 27.8 Å². The van der Waals surface area contributed by atoms with Crippen LogP contribution >= 0.6 is 15.9 Å². The smallest absolute Gasteiger partial charge is 0.326 e. The summed E-state index contributed by atoms with van der Waals surface area (Å²) in [5.74, 6) is -1.56. The van der Waals surface area contributed by atoms with Crippen LogP contribution in [0.4, 0.5) is 0 Å². The van der Waals surface area contributed by atoms with Crippen LogP contribution in [-0.4, -0.2) is 35.2 Å². The summed E-state index contributed by atoms with van der Waals surface area (Å²) in [6, 6.07) is 0.621. The molecule has 0 fully saturated rings. The van der Waals surface area contributed by atoms with E-state index < -0.39 is 17.9 Å². The number of aryl methyl sites for hydroxylation is 1. The normalized spacial score (nSPS) is 13.0. The van der Waals surface area contributed by atoms with Crippen LogP contribution in [-0.2, 0) is 9.53 Å². The summed E-state index contributed by atoms with van der Waals surface area (Å²) in [5.41, 5.74) is 0.282. The van der Waals surface area contributed by atoms with Crippen LogP contribution in [0.2, 0.25) is 0 Å². The molecule has 118 valence electrons. The lowest BCUT2D eigenvalue weighted by molar-refractivity contribution is -0.140. The lowest BCUT2D eigenvalue weighted by Crippen LogP contribution is -2.42. The summed E-state index contributed by atoms with van der Waals surface area (Å²) in [7, 11) is 0. The molecule has 1 atom stereocenters. The Bertz CT molecular complexity index is 518. The molecule has 7 heteroatoms. The first-order valence-electron chi connectivity index (χ1n) is 6.53. The van der Waals surface area contributed by atoms with Crippen molar-refractivity contribution in [2.75, 3.05) is 6.61 Å². The zero-order chi connectivity index (χ0) is 16.2. The highest BCUT2D eigenvalue weighted by atomic mass is 79.9. The summed E-state index contributed by atoms with van der Waals surface area (Å²) in [5, 5.41) is 11.6. The van der Waals surface area contributed by atoms with Gasteiger partial charge in [0.2, 0.25) is 0 Å². The van der Waals surface area contributed by atoms with E-state index in [9.17, 15) is 9.59 Å². The highest BCUT2D eigenvalue weighted by molar-refractivity contribution is 9.10. The molecule has 1 rings (SSSR count). The predicted molar refractivity (Wildman–Crippen MR) is 80.4 cm³/mol. The maximum Gasteiger partial charge on any atom is 0.326 e. The Hall–Kier alpha value is -1.34. The van der Waals surface area contributed by atoms with Gasteiger partial charge in [-0.1, -0.05) is 0 Å². The highest BCUT2D eigenvalue weighted by Gasteiger charge is 2.24. The number of furan rings is 1. The monoisotopic (exact) mass is 361 g/mol. The molecule has 1 aromatic rings. The summed E-state index contributed by atoms with van der Waals surface area (Å²) >= 11 is 3.13. The number of ether oxygens (including phenoxy) is 1. The molecular weight excluding hydrogens is 342 g/mol. The second kappa shape index (κ2) is 7.09. The fourth-order valence-corrected chi connectivity index (χ4v) is 2.14. The molecule has 1 heterocycles. The van der Waals surface area contributed by atoms with Crippen molar-refractivity contribution in [1.29, 1.82) is 0 Å². The van der Waals surface area contributed by atoms with Crippen LogP contribution in [0.15, 0.2) is 15.2 Å². The standard InChI is InChI=1S/C14H20BrNO5/c1-8-7-10(15)21-11(8)12(17)16-9(13(18)19)5-6-20-14(2,3)4/h7,9H,5-6H2,1-4H3,(H,16,17)(H,18,19). The SMILES string of the molecule is Cc1cc(Br)oc1C(=O)NC(CCOC(C)(C)C)C(=O)O. The van der Waals surface area contributed by atoms with E-state index in [1.807, 2.05) is 20.8 Å². The maximum absolute atomic E-state index is 12.0. The zero-order valence-electron chi connectivity index (χ0n) is 12.5. The number of rotatable bonds is 6. The van der Waals surface area contributed by atoms with Crippen molar-refractivity contribution in [1.82, 2.24) is 5.32 Å². The van der Waals surface area contributed by atoms with Gasteiger partial charge in [0.05, 0.1) is 5.60 Å². The fourth-order valence-electron chi connectivity index (χ4n) is 1.63. The number of carboxylic acid groups (broad SMARTS) is 1. The number of aliphatic carboxylic acids is 1. The first-order valence-corrected chi connectivity index (χ1v) is 7.33. The van der Waals surface area contributed by atoms with Gasteiger partial charge in [-0.3, -0.25) is 4.79 Å². The third kappa shape index (κ3) is 5.89. The van der Waals surface area contributed by atoms with Crippen molar-refractivity contribution in [3.05, 3.63) is 22.1 Å². The molecule has 0 aliphatic heterocycles. The minimum absolute atomic E-state index is 0.102. The van der Waals surface area contributed by atoms with Crippen LogP contribution in [0, 0.1) is 6.92 Å². The minimum Gasteiger partial charge on any atom is -0.480 e. The second-order valence-electron chi connectivity index (χ2n) is 5.68. The molecule has 2 N–H and O–H groups in total. The van der Waals surface area contributed by atoms with Crippen LogP contribution < -0.4 is 5.32 Å². The van der Waals surface area contributed by atoms with Crippen molar-refractivity contribution in [3.63, 3.8) is 0 Å². The first-order chi connectivity index (χ1) is 9.60. The van der Waals surface area contributed by atoms with Crippen LogP contribution in [0.1, 0.15) is 43.3 Å². The number of carbonyl (C=O) groups is 2. The molecule has 0 saturated heterocycles. The summed E-state index contributed by atoms with van der Waals surface area (Å²) in [4.78, 5) is 23.2. The zero-order valence-corrected chi connectivity index (χ0v) is 14.1.